The molecule has 7 nitrogen and oxygen atoms in total. The van der Waals surface area contributed by atoms with Crippen LogP contribution in [0.3, 0.4) is 0 Å². The molecule has 0 bridgehead atoms. The highest BCUT2D eigenvalue weighted by Crippen LogP contribution is 2.31. The van der Waals surface area contributed by atoms with Gasteiger partial charge in [0.05, 0.1) is 12.8 Å². The van der Waals surface area contributed by atoms with Gasteiger partial charge in [0.15, 0.2) is 17.3 Å². The molecule has 4 rings (SSSR count). The highest BCUT2D eigenvalue weighted by molar-refractivity contribution is 5.92. The lowest BCUT2D eigenvalue weighted by Crippen LogP contribution is -2.16. The average Bonchev–Trinajstić information content (AvgIpc) is 3.36. The molecule has 2 N–H and O–H groups in total. The number of benzene rings is 2. The fraction of sp³-hybridized carbons (Fsp3) is 0.100. The molecule has 2 aromatic carbocycles. The summed E-state index contributed by atoms with van der Waals surface area (Å²) in [4.78, 5) is 12.1. The molecule has 27 heavy (non-hydrogen) atoms. The van der Waals surface area contributed by atoms with Gasteiger partial charge in [0.2, 0.25) is 6.79 Å². The molecule has 1 aliphatic heterocycles. The summed E-state index contributed by atoms with van der Waals surface area (Å²) < 4.78 is 16.1. The van der Waals surface area contributed by atoms with E-state index >= 15 is 0 Å². The SMILES string of the molecule is O=C(N/N=C\c1ccc2c(c1)OCO2)c1ccc(CNc2ccccc2)o1. The van der Waals surface area contributed by atoms with Crippen molar-refractivity contribution < 1.29 is 18.7 Å². The van der Waals surface area contributed by atoms with Gasteiger partial charge < -0.3 is 19.2 Å². The first-order valence-electron chi connectivity index (χ1n) is 8.38. The van der Waals surface area contributed by atoms with Crippen LogP contribution in [0, 0.1) is 0 Å². The van der Waals surface area contributed by atoms with Crippen molar-refractivity contribution in [1.29, 1.82) is 0 Å². The minimum Gasteiger partial charge on any atom is -0.454 e. The molecule has 7 heteroatoms. The summed E-state index contributed by atoms with van der Waals surface area (Å²) in [5.74, 6) is 1.79. The zero-order chi connectivity index (χ0) is 18.5. The second-order valence-corrected chi connectivity index (χ2v) is 5.80. The van der Waals surface area contributed by atoms with E-state index in [0.717, 1.165) is 11.3 Å². The monoisotopic (exact) mass is 363 g/mol. The summed E-state index contributed by atoms with van der Waals surface area (Å²) >= 11 is 0. The number of hydrazone groups is 1. The number of rotatable bonds is 6. The van der Waals surface area contributed by atoms with Crippen molar-refractivity contribution in [3.05, 3.63) is 77.7 Å². The molecule has 0 fully saturated rings. The van der Waals surface area contributed by atoms with Gasteiger partial charge in [-0.2, -0.15) is 5.10 Å². The highest BCUT2D eigenvalue weighted by Gasteiger charge is 2.13. The first-order chi connectivity index (χ1) is 13.3. The van der Waals surface area contributed by atoms with Crippen molar-refractivity contribution in [2.75, 3.05) is 12.1 Å². The van der Waals surface area contributed by atoms with Crippen LogP contribution < -0.4 is 20.2 Å². The predicted octanol–water partition coefficient (Wildman–Crippen LogP) is 3.38. The van der Waals surface area contributed by atoms with Gasteiger partial charge in [-0.3, -0.25) is 4.79 Å². The quantitative estimate of drug-likeness (QED) is 0.518. The second-order valence-electron chi connectivity index (χ2n) is 5.80. The second kappa shape index (κ2) is 7.65. The number of furan rings is 1. The first-order valence-corrected chi connectivity index (χ1v) is 8.38. The molecule has 1 aliphatic rings. The fourth-order valence-electron chi connectivity index (χ4n) is 2.55. The van der Waals surface area contributed by atoms with Gasteiger partial charge in [-0.05, 0) is 48.0 Å². The Kier molecular flexibility index (Phi) is 4.74. The smallest absolute Gasteiger partial charge is 0.307 e. The third kappa shape index (κ3) is 4.09. The van der Waals surface area contributed by atoms with Crippen molar-refractivity contribution in [2.24, 2.45) is 5.10 Å². The Balaban J connectivity index is 1.31. The number of carbonyl (C=O) groups excluding carboxylic acids is 1. The third-order valence-electron chi connectivity index (χ3n) is 3.90. The number of nitrogens with zero attached hydrogens (tertiary/aromatic N) is 1. The zero-order valence-corrected chi connectivity index (χ0v) is 14.3. The van der Waals surface area contributed by atoms with Crippen LogP contribution >= 0.6 is 0 Å². The Morgan fingerprint density at radius 3 is 2.78 bits per heavy atom. The van der Waals surface area contributed by atoms with Crippen LogP contribution in [0.4, 0.5) is 5.69 Å². The zero-order valence-electron chi connectivity index (χ0n) is 14.3. The maximum atomic E-state index is 12.1. The molecule has 0 saturated heterocycles. The molecule has 0 spiro atoms. The van der Waals surface area contributed by atoms with Crippen LogP contribution in [0.5, 0.6) is 11.5 Å². The van der Waals surface area contributed by atoms with Crippen molar-refractivity contribution in [2.45, 2.75) is 6.54 Å². The van der Waals surface area contributed by atoms with Crippen molar-refractivity contribution in [1.82, 2.24) is 5.43 Å². The Morgan fingerprint density at radius 1 is 1.04 bits per heavy atom. The minimum absolute atomic E-state index is 0.197. The fourth-order valence-corrected chi connectivity index (χ4v) is 2.55. The minimum atomic E-state index is -0.419. The van der Waals surface area contributed by atoms with E-state index in [4.69, 9.17) is 13.9 Å². The van der Waals surface area contributed by atoms with Gasteiger partial charge in [0.1, 0.15) is 5.76 Å². The summed E-state index contributed by atoms with van der Waals surface area (Å²) in [6, 6.07) is 18.5. The predicted molar refractivity (Wildman–Crippen MR) is 100 cm³/mol. The Morgan fingerprint density at radius 2 is 1.89 bits per heavy atom. The van der Waals surface area contributed by atoms with Crippen LogP contribution in [-0.4, -0.2) is 18.9 Å². The number of nitrogens with one attached hydrogen (secondary N) is 2. The van der Waals surface area contributed by atoms with E-state index in [1.807, 2.05) is 36.4 Å². The van der Waals surface area contributed by atoms with E-state index in [1.165, 1.54) is 6.21 Å². The van der Waals surface area contributed by atoms with E-state index in [-0.39, 0.29) is 12.6 Å². The van der Waals surface area contributed by atoms with E-state index in [2.05, 4.69) is 15.8 Å². The molecule has 1 amide bonds. The van der Waals surface area contributed by atoms with Crippen molar-refractivity contribution in [3.8, 4) is 11.5 Å². The summed E-state index contributed by atoms with van der Waals surface area (Å²) in [6.07, 6.45) is 1.53. The highest BCUT2D eigenvalue weighted by atomic mass is 16.7. The van der Waals surface area contributed by atoms with Gasteiger partial charge in [-0.25, -0.2) is 5.43 Å². The molecule has 1 aromatic heterocycles. The topological polar surface area (TPSA) is 85.1 Å². The van der Waals surface area contributed by atoms with Crippen LogP contribution in [0.2, 0.25) is 0 Å². The maximum absolute atomic E-state index is 12.1. The summed E-state index contributed by atoms with van der Waals surface area (Å²) in [5, 5.41) is 7.17. The molecule has 2 heterocycles. The van der Waals surface area contributed by atoms with E-state index in [1.54, 1.807) is 24.3 Å². The summed E-state index contributed by atoms with van der Waals surface area (Å²) in [6.45, 7) is 0.699. The number of amides is 1. The largest absolute Gasteiger partial charge is 0.454 e. The van der Waals surface area contributed by atoms with Gasteiger partial charge >= 0.3 is 5.91 Å². The van der Waals surface area contributed by atoms with Gasteiger partial charge in [-0.1, -0.05) is 18.2 Å². The average molecular weight is 363 g/mol. The lowest BCUT2D eigenvalue weighted by Gasteiger charge is -2.03. The molecule has 0 atom stereocenters. The normalized spacial score (nSPS) is 12.3. The summed E-state index contributed by atoms with van der Waals surface area (Å²) in [5.41, 5.74) is 4.21. The Labute approximate surface area is 155 Å². The number of ether oxygens (including phenoxy) is 2. The van der Waals surface area contributed by atoms with Crippen LogP contribution in [0.15, 0.2) is 70.2 Å². The number of anilines is 1. The van der Waals surface area contributed by atoms with Crippen LogP contribution in [-0.2, 0) is 6.54 Å². The Bertz CT molecular complexity index is 966. The Hall–Kier alpha value is -3.74. The van der Waals surface area contributed by atoms with Gasteiger partial charge in [0.25, 0.3) is 0 Å². The molecular formula is C20H17N3O4. The number of hydrogen-bond donors (Lipinski definition) is 2. The molecule has 0 unspecified atom stereocenters. The third-order valence-corrected chi connectivity index (χ3v) is 3.90. The molecule has 0 radical (unpaired) electrons. The van der Waals surface area contributed by atoms with Gasteiger partial charge in [0, 0.05) is 5.69 Å². The number of fused-ring (bicyclic) bond motifs is 1. The van der Waals surface area contributed by atoms with Gasteiger partial charge in [-0.15, -0.1) is 0 Å². The molecular weight excluding hydrogens is 346 g/mol. The molecule has 136 valence electrons. The lowest BCUT2D eigenvalue weighted by molar-refractivity contribution is 0.0926. The van der Waals surface area contributed by atoms with E-state index in [9.17, 15) is 4.79 Å². The van der Waals surface area contributed by atoms with E-state index in [0.29, 0.717) is 23.8 Å². The van der Waals surface area contributed by atoms with E-state index < -0.39 is 5.91 Å². The molecule has 0 saturated carbocycles. The number of hydrogen-bond acceptors (Lipinski definition) is 6. The number of para-hydroxylation sites is 1. The molecule has 3 aromatic rings. The lowest BCUT2D eigenvalue weighted by atomic mass is 10.2. The summed E-state index contributed by atoms with van der Waals surface area (Å²) in [7, 11) is 0. The first kappa shape index (κ1) is 16.7. The standard InChI is InChI=1S/C20H17N3O4/c24-20(23-22-11-14-6-8-17-19(10-14)26-13-25-17)18-9-7-16(27-18)12-21-15-4-2-1-3-5-15/h1-11,21H,12-13H2,(H,23,24)/b22-11-. The maximum Gasteiger partial charge on any atom is 0.307 e. The van der Waals surface area contributed by atoms with Crippen LogP contribution in [0.25, 0.3) is 0 Å². The van der Waals surface area contributed by atoms with Crippen molar-refractivity contribution >= 4 is 17.8 Å². The number of carbonyl (C=O) groups is 1. The van der Waals surface area contributed by atoms with Crippen LogP contribution in [0.1, 0.15) is 21.9 Å². The molecule has 0 aliphatic carbocycles. The van der Waals surface area contributed by atoms with Crippen molar-refractivity contribution in [3.63, 3.8) is 0 Å².